The van der Waals surface area contributed by atoms with Gasteiger partial charge >= 0.3 is 12.0 Å². The van der Waals surface area contributed by atoms with Crippen LogP contribution in [0.4, 0.5) is 4.79 Å². The van der Waals surface area contributed by atoms with Gasteiger partial charge in [-0.25, -0.2) is 9.59 Å². The molecular weight excluding hydrogens is 344 g/mol. The molecule has 1 spiro atoms. The number of hydrogen-bond donors (Lipinski definition) is 3. The van der Waals surface area contributed by atoms with Crippen molar-refractivity contribution in [3.05, 3.63) is 0 Å². The summed E-state index contributed by atoms with van der Waals surface area (Å²) in [5.74, 6) is -2.62. The van der Waals surface area contributed by atoms with E-state index < -0.39 is 41.9 Å². The molecule has 0 bridgehead atoms. The molecule has 10 heteroatoms. The van der Waals surface area contributed by atoms with Gasteiger partial charge < -0.3 is 20.6 Å². The van der Waals surface area contributed by atoms with E-state index in [-0.39, 0.29) is 19.0 Å². The molecule has 1 aliphatic heterocycles. The van der Waals surface area contributed by atoms with Gasteiger partial charge in [-0.2, -0.15) is 0 Å². The third-order valence-electron chi connectivity index (χ3n) is 4.87. The number of nitrogens with one attached hydrogen (secondary N) is 2. The Morgan fingerprint density at radius 1 is 1.31 bits per heavy atom. The second-order valence-corrected chi connectivity index (χ2v) is 6.69. The summed E-state index contributed by atoms with van der Waals surface area (Å²) in [6.07, 6.45) is 2.74. The highest BCUT2D eigenvalue weighted by atomic mass is 16.4. The summed E-state index contributed by atoms with van der Waals surface area (Å²) in [5, 5.41) is 14.4. The van der Waals surface area contributed by atoms with Crippen LogP contribution in [0.5, 0.6) is 0 Å². The van der Waals surface area contributed by atoms with Gasteiger partial charge in [-0.15, -0.1) is 0 Å². The van der Waals surface area contributed by atoms with Gasteiger partial charge in [0.15, 0.2) is 0 Å². The van der Waals surface area contributed by atoms with Crippen molar-refractivity contribution in [2.24, 2.45) is 0 Å². The SMILES string of the molecule is CC(=O)NCCN(C(=O)CN1C(=O)NC2(CCCC2)C1=O)C(C)C(=O)O. The van der Waals surface area contributed by atoms with Crippen LogP contribution in [0.25, 0.3) is 0 Å². The van der Waals surface area contributed by atoms with Gasteiger partial charge in [-0.3, -0.25) is 19.3 Å². The number of rotatable bonds is 7. The molecule has 10 nitrogen and oxygen atoms in total. The average Bonchev–Trinajstić information content (AvgIpc) is 3.11. The molecule has 1 saturated heterocycles. The van der Waals surface area contributed by atoms with Crippen LogP contribution >= 0.6 is 0 Å². The molecule has 144 valence electrons. The normalized spacial score (nSPS) is 19.4. The van der Waals surface area contributed by atoms with Gasteiger partial charge in [0.2, 0.25) is 11.8 Å². The van der Waals surface area contributed by atoms with Crippen molar-refractivity contribution < 1.29 is 29.1 Å². The third-order valence-corrected chi connectivity index (χ3v) is 4.87. The van der Waals surface area contributed by atoms with Crippen molar-refractivity contribution in [1.29, 1.82) is 0 Å². The maximum Gasteiger partial charge on any atom is 0.326 e. The fourth-order valence-corrected chi connectivity index (χ4v) is 3.38. The molecule has 0 aromatic carbocycles. The summed E-state index contributed by atoms with van der Waals surface area (Å²) >= 11 is 0. The zero-order chi connectivity index (χ0) is 19.5. The minimum atomic E-state index is -1.22. The van der Waals surface area contributed by atoms with Crippen molar-refractivity contribution in [3.63, 3.8) is 0 Å². The first-order valence-electron chi connectivity index (χ1n) is 8.59. The van der Waals surface area contributed by atoms with Crippen LogP contribution in [0.1, 0.15) is 39.5 Å². The largest absolute Gasteiger partial charge is 0.480 e. The Morgan fingerprint density at radius 3 is 2.46 bits per heavy atom. The number of carboxylic acids is 1. The molecule has 5 amide bonds. The van der Waals surface area contributed by atoms with Crippen LogP contribution in [0, 0.1) is 0 Å². The molecule has 1 atom stereocenters. The fourth-order valence-electron chi connectivity index (χ4n) is 3.38. The Kier molecular flexibility index (Phi) is 5.83. The summed E-state index contributed by atoms with van der Waals surface area (Å²) in [7, 11) is 0. The van der Waals surface area contributed by atoms with Gasteiger partial charge in [0.05, 0.1) is 0 Å². The lowest BCUT2D eigenvalue weighted by atomic mass is 9.98. The predicted octanol–water partition coefficient (Wildman–Crippen LogP) is -0.711. The molecular formula is C16H24N4O6. The number of imide groups is 1. The van der Waals surface area contributed by atoms with E-state index in [2.05, 4.69) is 10.6 Å². The highest BCUT2D eigenvalue weighted by molar-refractivity contribution is 6.09. The van der Waals surface area contributed by atoms with E-state index >= 15 is 0 Å². The van der Waals surface area contributed by atoms with E-state index in [4.69, 9.17) is 0 Å². The standard InChI is InChI=1S/C16H24N4O6/c1-10(13(23)24)19(8-7-17-11(2)21)12(22)9-20-14(25)16(18-15(20)26)5-3-4-6-16/h10H,3-9H2,1-2H3,(H,17,21)(H,18,26)(H,23,24). The van der Waals surface area contributed by atoms with Crippen molar-refractivity contribution in [3.8, 4) is 0 Å². The molecule has 1 heterocycles. The fraction of sp³-hybridized carbons (Fsp3) is 0.688. The van der Waals surface area contributed by atoms with E-state index in [0.717, 1.165) is 22.6 Å². The third kappa shape index (κ3) is 3.94. The minimum Gasteiger partial charge on any atom is -0.480 e. The molecule has 26 heavy (non-hydrogen) atoms. The maximum absolute atomic E-state index is 12.6. The molecule has 1 saturated carbocycles. The smallest absolute Gasteiger partial charge is 0.326 e. The number of carbonyl (C=O) groups excluding carboxylic acids is 4. The number of carbonyl (C=O) groups is 5. The lowest BCUT2D eigenvalue weighted by Crippen LogP contribution is -2.51. The molecule has 3 N–H and O–H groups in total. The summed E-state index contributed by atoms with van der Waals surface area (Å²) in [4.78, 5) is 61.5. The van der Waals surface area contributed by atoms with Crippen LogP contribution < -0.4 is 10.6 Å². The van der Waals surface area contributed by atoms with Gasteiger partial charge in [0, 0.05) is 20.0 Å². The van der Waals surface area contributed by atoms with Crippen molar-refractivity contribution >= 4 is 29.7 Å². The van der Waals surface area contributed by atoms with Gasteiger partial charge in [-0.1, -0.05) is 12.8 Å². The molecule has 0 radical (unpaired) electrons. The topological polar surface area (TPSA) is 136 Å². The van der Waals surface area contributed by atoms with Gasteiger partial charge in [0.1, 0.15) is 18.1 Å². The lowest BCUT2D eigenvalue weighted by Gasteiger charge is -2.28. The van der Waals surface area contributed by atoms with Crippen molar-refractivity contribution in [2.75, 3.05) is 19.6 Å². The Balaban J connectivity index is 2.07. The number of urea groups is 1. The number of hydrogen-bond acceptors (Lipinski definition) is 5. The summed E-state index contributed by atoms with van der Waals surface area (Å²) in [6, 6.07) is -1.78. The number of nitrogens with zero attached hydrogens (tertiary/aromatic N) is 2. The van der Waals surface area contributed by atoms with Crippen LogP contribution in [0.2, 0.25) is 0 Å². The Bertz CT molecular complexity index is 628. The molecule has 0 aromatic heterocycles. The molecule has 1 unspecified atom stereocenters. The quantitative estimate of drug-likeness (QED) is 0.508. The van der Waals surface area contributed by atoms with E-state index in [1.165, 1.54) is 13.8 Å². The first-order valence-corrected chi connectivity index (χ1v) is 8.59. The molecule has 2 fully saturated rings. The monoisotopic (exact) mass is 368 g/mol. The van der Waals surface area contributed by atoms with Crippen molar-refractivity contribution in [2.45, 2.75) is 51.1 Å². The van der Waals surface area contributed by atoms with E-state index in [9.17, 15) is 29.1 Å². The van der Waals surface area contributed by atoms with Crippen LogP contribution in [-0.4, -0.2) is 75.8 Å². The van der Waals surface area contributed by atoms with Crippen LogP contribution in [-0.2, 0) is 19.2 Å². The van der Waals surface area contributed by atoms with Gasteiger partial charge in [0.25, 0.3) is 5.91 Å². The summed E-state index contributed by atoms with van der Waals surface area (Å²) < 4.78 is 0. The van der Waals surface area contributed by atoms with Crippen LogP contribution in [0.3, 0.4) is 0 Å². The van der Waals surface area contributed by atoms with E-state index in [1.807, 2.05) is 0 Å². The summed E-state index contributed by atoms with van der Waals surface area (Å²) in [5.41, 5.74) is -0.920. The zero-order valence-electron chi connectivity index (χ0n) is 14.9. The first kappa shape index (κ1) is 19.7. The lowest BCUT2D eigenvalue weighted by molar-refractivity contribution is -0.150. The molecule has 1 aliphatic carbocycles. The number of carboxylic acid groups (broad SMARTS) is 1. The Morgan fingerprint density at radius 2 is 1.92 bits per heavy atom. The molecule has 0 aromatic rings. The Hall–Kier alpha value is -2.65. The highest BCUT2D eigenvalue weighted by Crippen LogP contribution is 2.34. The average molecular weight is 368 g/mol. The van der Waals surface area contributed by atoms with E-state index in [0.29, 0.717) is 12.8 Å². The number of amides is 5. The highest BCUT2D eigenvalue weighted by Gasteiger charge is 2.53. The predicted molar refractivity (Wildman–Crippen MR) is 88.9 cm³/mol. The number of aliphatic carboxylic acids is 1. The first-order chi connectivity index (χ1) is 12.2. The second-order valence-electron chi connectivity index (χ2n) is 6.69. The second kappa shape index (κ2) is 7.71. The van der Waals surface area contributed by atoms with Gasteiger partial charge in [-0.05, 0) is 19.8 Å². The Labute approximate surface area is 150 Å². The minimum absolute atomic E-state index is 0.0410. The molecule has 2 aliphatic rings. The van der Waals surface area contributed by atoms with Crippen LogP contribution in [0.15, 0.2) is 0 Å². The summed E-state index contributed by atoms with van der Waals surface area (Å²) in [6.45, 7) is 2.15. The van der Waals surface area contributed by atoms with Crippen molar-refractivity contribution in [1.82, 2.24) is 20.4 Å². The zero-order valence-corrected chi connectivity index (χ0v) is 14.9. The van der Waals surface area contributed by atoms with E-state index in [1.54, 1.807) is 0 Å². The molecule has 2 rings (SSSR count). The maximum atomic E-state index is 12.6.